The van der Waals surface area contributed by atoms with E-state index < -0.39 is 6.68 Å². The van der Waals surface area contributed by atoms with Crippen LogP contribution in [0.2, 0.25) is 0 Å². The van der Waals surface area contributed by atoms with E-state index >= 15 is 0 Å². The third kappa shape index (κ3) is 5.11. The van der Waals surface area contributed by atoms with Crippen LogP contribution in [0.15, 0.2) is 78.2 Å². The van der Waals surface area contributed by atoms with Gasteiger partial charge in [0.25, 0.3) is 0 Å². The van der Waals surface area contributed by atoms with Gasteiger partial charge in [0.2, 0.25) is 0 Å². The molecule has 0 nitrogen and oxygen atoms in total. The highest BCUT2D eigenvalue weighted by atomic mass is 32.2. The smallest absolute Gasteiger partial charge is 0.174 e. The fourth-order valence-corrected chi connectivity index (χ4v) is 3.03. The largest absolute Gasteiger partial charge is 0.379 e. The van der Waals surface area contributed by atoms with E-state index in [0.717, 1.165) is 0 Å². The van der Waals surface area contributed by atoms with Crippen LogP contribution in [0.4, 0.5) is 13.2 Å². The lowest BCUT2D eigenvalue weighted by atomic mass is 10.0. The topological polar surface area (TPSA) is 0 Å². The summed E-state index contributed by atoms with van der Waals surface area (Å²) in [6.45, 7) is -3.67. The highest BCUT2D eigenvalue weighted by molar-refractivity contribution is 8.02. The van der Waals surface area contributed by atoms with E-state index in [0.29, 0.717) is 5.25 Å². The first-order valence-electron chi connectivity index (χ1n) is 6.73. The summed E-state index contributed by atoms with van der Waals surface area (Å²) >= 11 is 1.86. The number of benzene rings is 2. The van der Waals surface area contributed by atoms with E-state index in [-0.39, 0.29) is 0 Å². The molecule has 1 aliphatic heterocycles. The zero-order chi connectivity index (χ0) is 15.8. The van der Waals surface area contributed by atoms with Crippen molar-refractivity contribution in [3.05, 3.63) is 89.4 Å². The second kappa shape index (κ2) is 8.49. The third-order valence-electron chi connectivity index (χ3n) is 3.04. The molecule has 114 valence electrons. The predicted octanol–water partition coefficient (Wildman–Crippen LogP) is 6.25. The van der Waals surface area contributed by atoms with Crippen LogP contribution in [-0.4, -0.2) is 6.68 Å². The molecule has 0 aliphatic carbocycles. The van der Waals surface area contributed by atoms with Gasteiger partial charge < -0.3 is 0 Å². The average Bonchev–Trinajstić information content (AvgIpc) is 2.56. The highest BCUT2D eigenvalue weighted by Gasteiger charge is 2.12. The van der Waals surface area contributed by atoms with E-state index in [2.05, 4.69) is 78.2 Å². The normalized spacial score (nSPS) is 16.7. The first kappa shape index (κ1) is 16.4. The van der Waals surface area contributed by atoms with Gasteiger partial charge in [-0.3, -0.25) is 0 Å². The Kier molecular flexibility index (Phi) is 6.34. The molecule has 0 bridgehead atoms. The number of thioether (sulfide) groups is 1. The van der Waals surface area contributed by atoms with Crippen molar-refractivity contribution in [2.45, 2.75) is 11.9 Å². The van der Waals surface area contributed by atoms with E-state index in [9.17, 15) is 13.2 Å². The fourth-order valence-electron chi connectivity index (χ4n) is 2.10. The maximum absolute atomic E-state index is 9.67. The molecule has 1 unspecified atom stereocenters. The molecule has 22 heavy (non-hydrogen) atoms. The Morgan fingerprint density at radius 2 is 1.36 bits per heavy atom. The molecule has 3 rings (SSSR count). The first-order chi connectivity index (χ1) is 10.7. The van der Waals surface area contributed by atoms with Gasteiger partial charge in [-0.1, -0.05) is 66.7 Å². The zero-order valence-electron chi connectivity index (χ0n) is 11.7. The number of halogens is 3. The molecule has 0 amide bonds. The quantitative estimate of drug-likeness (QED) is 0.630. The van der Waals surface area contributed by atoms with Crippen molar-refractivity contribution in [1.82, 2.24) is 0 Å². The fraction of sp³-hybridized carbons (Fsp3) is 0.111. The minimum Gasteiger partial charge on any atom is -0.174 e. The maximum Gasteiger partial charge on any atom is 0.379 e. The van der Waals surface area contributed by atoms with Crippen molar-refractivity contribution in [1.29, 1.82) is 0 Å². The summed E-state index contributed by atoms with van der Waals surface area (Å²) in [7, 11) is 0. The number of allylic oxidation sites excluding steroid dienone is 2. The minimum atomic E-state index is -3.67. The van der Waals surface area contributed by atoms with Crippen LogP contribution < -0.4 is 0 Å². The Hall–Kier alpha value is -1.94. The molecule has 0 spiro atoms. The van der Waals surface area contributed by atoms with Crippen molar-refractivity contribution in [2.24, 2.45) is 0 Å². The van der Waals surface area contributed by atoms with E-state index in [1.54, 1.807) is 0 Å². The summed E-state index contributed by atoms with van der Waals surface area (Å²) in [4.78, 5) is 0. The van der Waals surface area contributed by atoms with Crippen molar-refractivity contribution >= 4 is 17.3 Å². The van der Waals surface area contributed by atoms with Crippen LogP contribution in [-0.2, 0) is 0 Å². The Bertz CT molecular complexity index is 619. The lowest BCUT2D eigenvalue weighted by Crippen LogP contribution is -1.94. The summed E-state index contributed by atoms with van der Waals surface area (Å²) in [6.07, 6.45) is 4.54. The second-order valence-electron chi connectivity index (χ2n) is 4.51. The lowest BCUT2D eigenvalue weighted by molar-refractivity contribution is 0.00819. The number of hydrogen-bond acceptors (Lipinski definition) is 1. The molecule has 0 aromatic heterocycles. The molecular weight excluding hydrogens is 305 g/mol. The summed E-state index contributed by atoms with van der Waals surface area (Å²) in [6, 6.07) is 21.2. The SMILES string of the molecule is C1=CC(c2ccccc2)=CC(c2ccccc2)S1.FC(F)F. The van der Waals surface area contributed by atoms with Crippen LogP contribution in [0.5, 0.6) is 0 Å². The van der Waals surface area contributed by atoms with Gasteiger partial charge in [-0.2, -0.15) is 13.2 Å². The number of hydrogen-bond donors (Lipinski definition) is 0. The van der Waals surface area contributed by atoms with Crippen molar-refractivity contribution < 1.29 is 13.2 Å². The third-order valence-corrected chi connectivity index (χ3v) is 4.03. The van der Waals surface area contributed by atoms with Crippen LogP contribution in [0.25, 0.3) is 5.57 Å². The molecule has 0 N–H and O–H groups in total. The summed E-state index contributed by atoms with van der Waals surface area (Å²) in [5.74, 6) is 0. The van der Waals surface area contributed by atoms with Crippen LogP contribution in [0, 0.1) is 0 Å². The van der Waals surface area contributed by atoms with Crippen LogP contribution >= 0.6 is 11.8 Å². The van der Waals surface area contributed by atoms with Gasteiger partial charge in [-0.25, -0.2) is 0 Å². The Labute approximate surface area is 132 Å². The molecule has 1 heterocycles. The maximum atomic E-state index is 9.67. The van der Waals surface area contributed by atoms with E-state index in [1.165, 1.54) is 16.7 Å². The highest BCUT2D eigenvalue weighted by Crippen LogP contribution is 2.38. The average molecular weight is 320 g/mol. The monoisotopic (exact) mass is 320 g/mol. The van der Waals surface area contributed by atoms with Gasteiger partial charge in [0.15, 0.2) is 0 Å². The number of alkyl halides is 3. The van der Waals surface area contributed by atoms with Gasteiger partial charge in [0, 0.05) is 0 Å². The Morgan fingerprint density at radius 3 is 1.95 bits per heavy atom. The zero-order valence-corrected chi connectivity index (χ0v) is 12.5. The summed E-state index contributed by atoms with van der Waals surface area (Å²) in [5, 5.41) is 2.62. The summed E-state index contributed by atoms with van der Waals surface area (Å²) < 4.78 is 29.0. The second-order valence-corrected chi connectivity index (χ2v) is 5.56. The van der Waals surface area contributed by atoms with Gasteiger partial charge in [0.1, 0.15) is 0 Å². The van der Waals surface area contributed by atoms with Crippen LogP contribution in [0.3, 0.4) is 0 Å². The van der Waals surface area contributed by atoms with Gasteiger partial charge in [-0.15, -0.1) is 11.8 Å². The molecule has 0 saturated heterocycles. The van der Waals surface area contributed by atoms with Crippen molar-refractivity contribution in [2.75, 3.05) is 0 Å². The van der Waals surface area contributed by atoms with Gasteiger partial charge >= 0.3 is 6.68 Å². The first-order valence-corrected chi connectivity index (χ1v) is 7.67. The standard InChI is InChI=1S/C17H14S.CHF3/c1-3-7-14(8-4-1)16-11-12-18-17(13-16)15-9-5-2-6-10-15;2-1(3)4/h1-13,17H;1H. The van der Waals surface area contributed by atoms with E-state index in [1.807, 2.05) is 11.8 Å². The molecule has 2 aromatic rings. The summed E-state index contributed by atoms with van der Waals surface area (Å²) in [5.41, 5.74) is 3.96. The van der Waals surface area contributed by atoms with E-state index in [4.69, 9.17) is 0 Å². The minimum absolute atomic E-state index is 0.423. The lowest BCUT2D eigenvalue weighted by Gasteiger charge is -2.16. The molecule has 4 heteroatoms. The Morgan fingerprint density at radius 1 is 0.818 bits per heavy atom. The number of rotatable bonds is 2. The molecule has 0 saturated carbocycles. The van der Waals surface area contributed by atoms with Crippen LogP contribution in [0.1, 0.15) is 16.4 Å². The predicted molar refractivity (Wildman–Crippen MR) is 87.4 cm³/mol. The van der Waals surface area contributed by atoms with Crippen molar-refractivity contribution in [3.8, 4) is 0 Å². The Balaban J connectivity index is 0.000000396. The molecule has 0 radical (unpaired) electrons. The molecular formula is C18H15F3S. The van der Waals surface area contributed by atoms with Gasteiger partial charge in [0.05, 0.1) is 5.25 Å². The van der Waals surface area contributed by atoms with Gasteiger partial charge in [-0.05, 0) is 28.2 Å². The molecule has 1 aliphatic rings. The van der Waals surface area contributed by atoms with Crippen molar-refractivity contribution in [3.63, 3.8) is 0 Å². The molecule has 0 fully saturated rings. The molecule has 2 aromatic carbocycles. The molecule has 1 atom stereocenters.